The Morgan fingerprint density at radius 2 is 1.07 bits per heavy atom. The second-order valence-corrected chi connectivity index (χ2v) is 19.0. The number of aryl methyl sites for hydroxylation is 1. The molecule has 0 radical (unpaired) electrons. The van der Waals surface area contributed by atoms with Crippen LogP contribution in [0.4, 0.5) is 22.7 Å². The molecule has 11 aromatic rings. The highest BCUT2D eigenvalue weighted by atomic mass is 16.5. The fraction of sp³-hybridized carbons (Fsp3) is 0.0923. The van der Waals surface area contributed by atoms with Gasteiger partial charge in [0.05, 0.1) is 28.1 Å². The van der Waals surface area contributed by atoms with Crippen LogP contribution in [0.2, 0.25) is 0 Å². The van der Waals surface area contributed by atoms with Gasteiger partial charge in [0.2, 0.25) is 0 Å². The van der Waals surface area contributed by atoms with E-state index in [9.17, 15) is 0 Å². The fourth-order valence-electron chi connectivity index (χ4n) is 10.2. The number of fused-ring (bicyclic) bond motifs is 4. The molecule has 0 unspecified atom stereocenters. The second-order valence-electron chi connectivity index (χ2n) is 19.0. The van der Waals surface area contributed by atoms with Gasteiger partial charge in [0.1, 0.15) is 24.0 Å². The van der Waals surface area contributed by atoms with Gasteiger partial charge in [-0.3, -0.25) is 4.57 Å². The van der Waals surface area contributed by atoms with Crippen molar-refractivity contribution in [2.75, 3.05) is 16.5 Å². The van der Waals surface area contributed by atoms with E-state index in [1.54, 1.807) is 12.3 Å². The van der Waals surface area contributed by atoms with Gasteiger partial charge in [-0.1, -0.05) is 191 Å². The summed E-state index contributed by atoms with van der Waals surface area (Å²) in [4.78, 5) is 9.83. The fourth-order valence-corrected chi connectivity index (χ4v) is 10.2. The van der Waals surface area contributed by atoms with E-state index >= 15 is 0 Å². The van der Waals surface area contributed by atoms with Crippen LogP contribution in [0.15, 0.2) is 231 Å². The van der Waals surface area contributed by atoms with E-state index in [1.807, 2.05) is 42.5 Å². The smallest absolute Gasteiger partial charge is 0.137 e. The highest BCUT2D eigenvalue weighted by Crippen LogP contribution is 2.51. The van der Waals surface area contributed by atoms with Gasteiger partial charge in [-0.25, -0.2) is 4.98 Å². The Kier molecular flexibility index (Phi) is 9.80. The standard InChI is InChI=1S/C65H52N4O/c1-44-38-62(66-42-57(44)47-24-12-7-13-25-47)69-58-31-15-14-28-55(58)63-56(48-34-36-49(37-35-48)65(2,3)4)40-52(41-61(63)69)70-51-27-18-26-50(39-51)67-43-68(60-33-17-16-32-59(60)67)64-53(45-20-8-5-9-21-45)29-19-30-54(64)46-22-10-6-11-23-46/h5-42H,43H2,1-4H3/i1D3. The Hall–Kier alpha value is -8.67. The highest BCUT2D eigenvalue weighted by molar-refractivity contribution is 6.16. The molecule has 12 rings (SSSR count). The molecule has 5 nitrogen and oxygen atoms in total. The Bertz CT molecular complexity index is 3770. The van der Waals surface area contributed by atoms with Gasteiger partial charge in [0.15, 0.2) is 0 Å². The molecule has 9 aromatic carbocycles. The third-order valence-corrected chi connectivity index (χ3v) is 13.6. The van der Waals surface area contributed by atoms with Gasteiger partial charge in [-0.15, -0.1) is 0 Å². The minimum absolute atomic E-state index is 0.0275. The first-order valence-electron chi connectivity index (χ1n) is 25.4. The van der Waals surface area contributed by atoms with E-state index in [0.29, 0.717) is 29.5 Å². The number of nitrogens with zero attached hydrogens (tertiary/aromatic N) is 4. The number of benzene rings is 9. The average Bonchev–Trinajstić information content (AvgIpc) is 3.97. The average molecular weight is 908 g/mol. The van der Waals surface area contributed by atoms with Gasteiger partial charge in [0.25, 0.3) is 0 Å². The van der Waals surface area contributed by atoms with Gasteiger partial charge < -0.3 is 14.5 Å². The molecule has 0 fully saturated rings. The van der Waals surface area contributed by atoms with Crippen LogP contribution in [0.3, 0.4) is 0 Å². The Labute approximate surface area is 414 Å². The zero-order valence-corrected chi connectivity index (χ0v) is 39.3. The number of para-hydroxylation sites is 4. The zero-order chi connectivity index (χ0) is 49.8. The van der Waals surface area contributed by atoms with Crippen LogP contribution in [-0.2, 0) is 5.41 Å². The third-order valence-electron chi connectivity index (χ3n) is 13.6. The minimum atomic E-state index is -2.40. The highest BCUT2D eigenvalue weighted by Gasteiger charge is 2.31. The number of ether oxygens (including phenoxy) is 1. The van der Waals surface area contributed by atoms with E-state index in [4.69, 9.17) is 13.8 Å². The van der Waals surface area contributed by atoms with Gasteiger partial charge in [0, 0.05) is 55.6 Å². The van der Waals surface area contributed by atoms with Gasteiger partial charge in [-0.05, 0) is 93.7 Å². The van der Waals surface area contributed by atoms with Crippen molar-refractivity contribution < 1.29 is 8.85 Å². The predicted molar refractivity (Wildman–Crippen MR) is 292 cm³/mol. The van der Waals surface area contributed by atoms with Crippen LogP contribution in [-0.4, -0.2) is 16.2 Å². The van der Waals surface area contributed by atoms with Crippen molar-refractivity contribution in [1.29, 1.82) is 0 Å². The quantitative estimate of drug-likeness (QED) is 0.144. The van der Waals surface area contributed by atoms with Crippen molar-refractivity contribution in [3.8, 4) is 61.8 Å². The molecule has 70 heavy (non-hydrogen) atoms. The first-order chi connectivity index (χ1) is 35.5. The number of anilines is 4. The maximum absolute atomic E-state index is 8.71. The Morgan fingerprint density at radius 3 is 1.73 bits per heavy atom. The maximum Gasteiger partial charge on any atom is 0.137 e. The summed E-state index contributed by atoms with van der Waals surface area (Å²) in [6.07, 6.45) is 1.70. The van der Waals surface area contributed by atoms with Crippen LogP contribution in [0.25, 0.3) is 72.1 Å². The molecular weight excluding hydrogens is 853 g/mol. The van der Waals surface area contributed by atoms with Crippen LogP contribution < -0.4 is 14.5 Å². The van der Waals surface area contributed by atoms with Crippen molar-refractivity contribution in [2.24, 2.45) is 0 Å². The number of pyridine rings is 1. The molecule has 0 aliphatic carbocycles. The Balaban J connectivity index is 0.991. The molecule has 5 heteroatoms. The topological polar surface area (TPSA) is 33.5 Å². The van der Waals surface area contributed by atoms with Gasteiger partial charge >= 0.3 is 0 Å². The number of hydrogen-bond acceptors (Lipinski definition) is 4. The minimum Gasteiger partial charge on any atom is -0.457 e. The van der Waals surface area contributed by atoms with Crippen molar-refractivity contribution in [3.63, 3.8) is 0 Å². The molecule has 0 atom stereocenters. The Morgan fingerprint density at radius 1 is 0.486 bits per heavy atom. The maximum atomic E-state index is 8.71. The summed E-state index contributed by atoms with van der Waals surface area (Å²) < 4.78 is 35.3. The molecule has 338 valence electrons. The van der Waals surface area contributed by atoms with Crippen LogP contribution >= 0.6 is 0 Å². The lowest BCUT2D eigenvalue weighted by Gasteiger charge is -2.27. The molecule has 0 N–H and O–H groups in total. The van der Waals surface area contributed by atoms with E-state index < -0.39 is 6.85 Å². The second kappa shape index (κ2) is 17.4. The summed E-state index contributed by atoms with van der Waals surface area (Å²) in [5.74, 6) is 1.81. The van der Waals surface area contributed by atoms with Crippen molar-refractivity contribution >= 4 is 44.6 Å². The van der Waals surface area contributed by atoms with E-state index in [0.717, 1.165) is 83.5 Å². The van der Waals surface area contributed by atoms with E-state index in [2.05, 4.69) is 211 Å². The third kappa shape index (κ3) is 7.66. The first-order valence-corrected chi connectivity index (χ1v) is 23.9. The molecule has 1 aliphatic heterocycles. The first kappa shape index (κ1) is 39.3. The van der Waals surface area contributed by atoms with E-state index in [-0.39, 0.29) is 11.0 Å². The van der Waals surface area contributed by atoms with Crippen molar-refractivity contribution in [3.05, 3.63) is 242 Å². The predicted octanol–water partition coefficient (Wildman–Crippen LogP) is 17.5. The zero-order valence-electron chi connectivity index (χ0n) is 42.3. The van der Waals surface area contributed by atoms with Crippen molar-refractivity contribution in [2.45, 2.75) is 33.0 Å². The number of aromatic nitrogens is 2. The normalized spacial score (nSPS) is 13.3. The van der Waals surface area contributed by atoms with Gasteiger partial charge in [-0.2, -0.15) is 0 Å². The summed E-state index contributed by atoms with van der Waals surface area (Å²) >= 11 is 0. The van der Waals surface area contributed by atoms with Crippen LogP contribution in [0.5, 0.6) is 11.5 Å². The molecule has 3 heterocycles. The van der Waals surface area contributed by atoms with Crippen molar-refractivity contribution in [1.82, 2.24) is 9.55 Å². The molecule has 0 spiro atoms. The summed E-state index contributed by atoms with van der Waals surface area (Å²) in [7, 11) is 0. The summed E-state index contributed by atoms with van der Waals surface area (Å²) in [5, 5.41) is 2.04. The molecule has 0 saturated heterocycles. The lowest BCUT2D eigenvalue weighted by Crippen LogP contribution is -2.24. The summed E-state index contributed by atoms with van der Waals surface area (Å²) in [6.45, 7) is 4.85. The molecule has 0 amide bonds. The summed E-state index contributed by atoms with van der Waals surface area (Å²) in [6, 6.07) is 77.4. The lowest BCUT2D eigenvalue weighted by atomic mass is 9.86. The SMILES string of the molecule is [2H]C([2H])([2H])c1cc(-n2c3ccccc3c3c(-c4ccc(C(C)(C)C)cc4)cc(Oc4cccc(N5CN(c6c(-c7ccccc7)cccc6-c6ccccc6)c6ccccc65)c4)cc32)ncc1-c1ccccc1. The molecule has 0 saturated carbocycles. The van der Waals surface area contributed by atoms with E-state index in [1.165, 1.54) is 5.56 Å². The summed E-state index contributed by atoms with van der Waals surface area (Å²) in [5.41, 5.74) is 15.6. The molecule has 0 bridgehead atoms. The monoisotopic (exact) mass is 907 g/mol. The number of rotatable bonds is 9. The molecule has 2 aromatic heterocycles. The molecule has 1 aliphatic rings. The van der Waals surface area contributed by atoms with Crippen LogP contribution in [0, 0.1) is 6.85 Å². The number of hydrogen-bond donors (Lipinski definition) is 0. The lowest BCUT2D eigenvalue weighted by molar-refractivity contribution is 0.483. The van der Waals surface area contributed by atoms with Crippen LogP contribution in [0.1, 0.15) is 36.0 Å². The molecular formula is C65H52N4O. The largest absolute Gasteiger partial charge is 0.457 e.